The fourth-order valence-electron chi connectivity index (χ4n) is 2.27. The first-order valence-electron chi connectivity index (χ1n) is 6.87. The van der Waals surface area contributed by atoms with Crippen molar-refractivity contribution in [1.29, 1.82) is 0 Å². The summed E-state index contributed by atoms with van der Waals surface area (Å²) in [6.07, 6.45) is 4.51. The average molecular weight is 367 g/mol. The molecule has 0 fully saturated rings. The van der Waals surface area contributed by atoms with Crippen molar-refractivity contribution in [2.45, 2.75) is 25.7 Å². The van der Waals surface area contributed by atoms with Crippen molar-refractivity contribution < 1.29 is 9.53 Å². The van der Waals surface area contributed by atoms with Crippen molar-refractivity contribution in [2.75, 3.05) is 11.9 Å². The number of rotatable bonds is 4. The Morgan fingerprint density at radius 1 is 1.38 bits per heavy atom. The minimum atomic E-state index is -0.180. The van der Waals surface area contributed by atoms with Gasteiger partial charge in [0.2, 0.25) is 0 Å². The van der Waals surface area contributed by atoms with Crippen LogP contribution in [-0.2, 0) is 17.6 Å². The average Bonchev–Trinajstić information content (AvgIpc) is 2.87. The molecule has 0 unspecified atom stereocenters. The maximum atomic E-state index is 11.9. The molecule has 1 N–H and O–H groups in total. The summed E-state index contributed by atoms with van der Waals surface area (Å²) in [4.78, 5) is 17.7. The third kappa shape index (κ3) is 3.83. The number of carbonyl (C=O) groups excluding carboxylic acids is 1. The van der Waals surface area contributed by atoms with Gasteiger partial charge in [-0.05, 0) is 43.9 Å². The van der Waals surface area contributed by atoms with Crippen LogP contribution in [0.1, 0.15) is 23.4 Å². The third-order valence-electron chi connectivity index (χ3n) is 3.26. The van der Waals surface area contributed by atoms with Gasteiger partial charge in [0, 0.05) is 9.35 Å². The summed E-state index contributed by atoms with van der Waals surface area (Å²) in [6, 6.07) is 7.43. The Hall–Kier alpha value is -1.40. The first-order valence-corrected chi connectivity index (χ1v) is 8.48. The lowest BCUT2D eigenvalue weighted by Crippen LogP contribution is -2.20. The second-order valence-corrected chi connectivity index (χ2v) is 6.89. The topological polar surface area (TPSA) is 51.2 Å². The predicted molar refractivity (Wildman–Crippen MR) is 87.0 cm³/mol. The van der Waals surface area contributed by atoms with Crippen LogP contribution in [0.4, 0.5) is 5.13 Å². The van der Waals surface area contributed by atoms with Gasteiger partial charge in [0.1, 0.15) is 5.75 Å². The van der Waals surface area contributed by atoms with Crippen LogP contribution in [0.2, 0.25) is 0 Å². The number of fused-ring (bicyclic) bond motifs is 1. The number of ether oxygens (including phenoxy) is 1. The zero-order chi connectivity index (χ0) is 14.7. The zero-order valence-electron chi connectivity index (χ0n) is 11.4. The molecule has 0 aliphatic heterocycles. The summed E-state index contributed by atoms with van der Waals surface area (Å²) in [5.74, 6) is 0.485. The first kappa shape index (κ1) is 14.5. The Morgan fingerprint density at radius 3 is 3.05 bits per heavy atom. The predicted octanol–water partition coefficient (Wildman–Crippen LogP) is 3.80. The smallest absolute Gasteiger partial charge is 0.264 e. The minimum Gasteiger partial charge on any atom is -0.484 e. The number of thiazole rings is 1. The molecule has 1 aromatic carbocycles. The number of hydrogen-bond acceptors (Lipinski definition) is 4. The van der Waals surface area contributed by atoms with E-state index in [0.29, 0.717) is 10.9 Å². The van der Waals surface area contributed by atoms with Gasteiger partial charge >= 0.3 is 0 Å². The van der Waals surface area contributed by atoms with Gasteiger partial charge in [-0.15, -0.1) is 11.3 Å². The van der Waals surface area contributed by atoms with Crippen LogP contribution in [0.3, 0.4) is 0 Å². The number of carbonyl (C=O) groups is 1. The van der Waals surface area contributed by atoms with E-state index in [9.17, 15) is 4.79 Å². The summed E-state index contributed by atoms with van der Waals surface area (Å²) in [5, 5.41) is 3.50. The van der Waals surface area contributed by atoms with Crippen molar-refractivity contribution >= 4 is 38.3 Å². The summed E-state index contributed by atoms with van der Waals surface area (Å²) in [5.41, 5.74) is 1.15. The maximum Gasteiger partial charge on any atom is 0.264 e. The number of aromatic nitrogens is 1. The highest BCUT2D eigenvalue weighted by Crippen LogP contribution is 2.29. The fraction of sp³-hybridized carbons (Fsp3) is 0.333. The minimum absolute atomic E-state index is 0.0132. The molecule has 0 atom stereocenters. The normalized spacial score (nSPS) is 13.6. The number of hydrogen-bond donors (Lipinski definition) is 1. The lowest BCUT2D eigenvalue weighted by Gasteiger charge is -2.06. The zero-order valence-corrected chi connectivity index (χ0v) is 13.8. The van der Waals surface area contributed by atoms with Gasteiger partial charge < -0.3 is 4.74 Å². The molecule has 0 saturated heterocycles. The quantitative estimate of drug-likeness (QED) is 0.894. The number of aryl methyl sites for hydroxylation is 2. The highest BCUT2D eigenvalue weighted by atomic mass is 79.9. The van der Waals surface area contributed by atoms with Crippen LogP contribution < -0.4 is 10.1 Å². The molecular formula is C15H15BrN2O2S. The highest BCUT2D eigenvalue weighted by molar-refractivity contribution is 9.10. The maximum absolute atomic E-state index is 11.9. The van der Waals surface area contributed by atoms with E-state index in [1.807, 2.05) is 24.3 Å². The molecule has 0 radical (unpaired) electrons. The van der Waals surface area contributed by atoms with E-state index in [1.165, 1.54) is 17.7 Å². The summed E-state index contributed by atoms with van der Waals surface area (Å²) < 4.78 is 6.38. The molecule has 1 aliphatic rings. The molecular weight excluding hydrogens is 352 g/mol. The number of halogens is 1. The second-order valence-electron chi connectivity index (χ2n) is 4.89. The lowest BCUT2D eigenvalue weighted by molar-refractivity contribution is -0.118. The van der Waals surface area contributed by atoms with Gasteiger partial charge in [0.25, 0.3) is 5.91 Å². The van der Waals surface area contributed by atoms with Crippen LogP contribution in [-0.4, -0.2) is 17.5 Å². The number of amides is 1. The molecule has 0 bridgehead atoms. The van der Waals surface area contributed by atoms with Gasteiger partial charge in [0.15, 0.2) is 11.7 Å². The molecule has 3 rings (SSSR count). The van der Waals surface area contributed by atoms with Crippen molar-refractivity contribution in [3.8, 4) is 5.75 Å². The summed E-state index contributed by atoms with van der Waals surface area (Å²) >= 11 is 4.95. The SMILES string of the molecule is O=C(COc1cccc(Br)c1)Nc1nc2c(s1)CCCC2. The van der Waals surface area contributed by atoms with Crippen molar-refractivity contribution in [1.82, 2.24) is 4.98 Å². The standard InChI is InChI=1S/C15H15BrN2O2S/c16-10-4-3-5-11(8-10)20-9-14(19)18-15-17-12-6-1-2-7-13(12)21-15/h3-5,8H,1-2,6-7,9H2,(H,17,18,19). The van der Waals surface area contributed by atoms with Gasteiger partial charge in [-0.2, -0.15) is 0 Å². The molecule has 0 saturated carbocycles. The highest BCUT2D eigenvalue weighted by Gasteiger charge is 2.16. The van der Waals surface area contributed by atoms with E-state index in [-0.39, 0.29) is 12.5 Å². The van der Waals surface area contributed by atoms with E-state index in [4.69, 9.17) is 4.74 Å². The van der Waals surface area contributed by atoms with Crippen molar-refractivity contribution in [2.24, 2.45) is 0 Å². The molecule has 110 valence electrons. The van der Waals surface area contributed by atoms with E-state index in [2.05, 4.69) is 26.2 Å². The second kappa shape index (κ2) is 6.58. The third-order valence-corrected chi connectivity index (χ3v) is 4.82. The molecule has 1 aliphatic carbocycles. The fourth-order valence-corrected chi connectivity index (χ4v) is 3.71. The van der Waals surface area contributed by atoms with Gasteiger partial charge in [0.05, 0.1) is 5.69 Å². The molecule has 4 nitrogen and oxygen atoms in total. The van der Waals surface area contributed by atoms with E-state index >= 15 is 0 Å². The Morgan fingerprint density at radius 2 is 2.24 bits per heavy atom. The van der Waals surface area contributed by atoms with Crippen LogP contribution in [0.15, 0.2) is 28.7 Å². The Balaban J connectivity index is 1.55. The first-order chi connectivity index (χ1) is 10.2. The van der Waals surface area contributed by atoms with Crippen molar-refractivity contribution in [3.63, 3.8) is 0 Å². The monoisotopic (exact) mass is 366 g/mol. The van der Waals surface area contributed by atoms with Crippen LogP contribution in [0.5, 0.6) is 5.75 Å². The Kier molecular flexibility index (Phi) is 4.55. The number of anilines is 1. The van der Waals surface area contributed by atoms with Crippen LogP contribution >= 0.6 is 27.3 Å². The van der Waals surface area contributed by atoms with E-state index in [1.54, 1.807) is 11.3 Å². The van der Waals surface area contributed by atoms with E-state index < -0.39 is 0 Å². The molecule has 2 aromatic rings. The van der Waals surface area contributed by atoms with Gasteiger partial charge in [-0.1, -0.05) is 22.0 Å². The lowest BCUT2D eigenvalue weighted by atomic mass is 10.0. The Labute approximate surface area is 135 Å². The molecule has 6 heteroatoms. The molecule has 0 spiro atoms. The summed E-state index contributed by atoms with van der Waals surface area (Å²) in [7, 11) is 0. The van der Waals surface area contributed by atoms with Crippen LogP contribution in [0.25, 0.3) is 0 Å². The molecule has 1 aromatic heterocycles. The summed E-state index contributed by atoms with van der Waals surface area (Å²) in [6.45, 7) is -0.0132. The van der Waals surface area contributed by atoms with Crippen LogP contribution in [0, 0.1) is 0 Å². The molecule has 1 heterocycles. The van der Waals surface area contributed by atoms with Gasteiger partial charge in [-0.25, -0.2) is 4.98 Å². The van der Waals surface area contributed by atoms with E-state index in [0.717, 1.165) is 23.0 Å². The number of nitrogens with zero attached hydrogens (tertiary/aromatic N) is 1. The molecule has 21 heavy (non-hydrogen) atoms. The molecule has 1 amide bonds. The number of benzene rings is 1. The van der Waals surface area contributed by atoms with Gasteiger partial charge in [-0.3, -0.25) is 10.1 Å². The number of nitrogens with one attached hydrogen (secondary N) is 1. The Bertz CT molecular complexity index is 633. The largest absolute Gasteiger partial charge is 0.484 e. The van der Waals surface area contributed by atoms with Crippen molar-refractivity contribution in [3.05, 3.63) is 39.3 Å².